The van der Waals surface area contributed by atoms with Crippen molar-refractivity contribution >= 4 is 77.9 Å². The Morgan fingerprint density at radius 2 is 1.30 bits per heavy atom. The number of thioether (sulfide) groups is 1. The molecule has 5 aromatic rings. The van der Waals surface area contributed by atoms with E-state index in [1.54, 1.807) is 22.9 Å². The van der Waals surface area contributed by atoms with E-state index in [2.05, 4.69) is 10.3 Å². The van der Waals surface area contributed by atoms with E-state index in [1.807, 2.05) is 4.72 Å². The fourth-order valence-corrected chi connectivity index (χ4v) is 8.54. The number of urea groups is 1. The number of thiazole rings is 1. The molecule has 1 aliphatic heterocycles. The zero-order chi connectivity index (χ0) is 40.5. The number of aromatic amines is 1. The molecule has 20 heteroatoms. The first-order valence-corrected chi connectivity index (χ1v) is 19.6. The van der Waals surface area contributed by atoms with Crippen molar-refractivity contribution in [1.82, 2.24) is 19.7 Å². The zero-order valence-corrected chi connectivity index (χ0v) is 31.6. The molecule has 0 spiro atoms. The van der Waals surface area contributed by atoms with E-state index in [0.717, 1.165) is 57.2 Å². The number of amides is 4. The SMILES string of the molecule is CN(C(=O)[C@H](Cc1cc(F)cc(F)c1)NC(=O)NS(=O)(=O)N[C@@H](Cc1cc(F)cc(F)c1)C(=O)N(C)c1ccc2c(c1)CC(=O)S2)c1ccc2sc(=O)[nH]c2c1. The molecule has 0 unspecified atom stereocenters. The maximum absolute atomic E-state index is 14.1. The van der Waals surface area contributed by atoms with Gasteiger partial charge in [0, 0.05) is 55.3 Å². The van der Waals surface area contributed by atoms with Gasteiger partial charge in [-0.3, -0.25) is 19.2 Å². The minimum atomic E-state index is -5.02. The third kappa shape index (κ3) is 9.62. The second kappa shape index (κ2) is 16.3. The monoisotopic (exact) mass is 830 g/mol. The minimum absolute atomic E-state index is 0.0707. The highest BCUT2D eigenvalue weighted by atomic mass is 32.2. The minimum Gasteiger partial charge on any atom is -0.325 e. The molecule has 1 aromatic heterocycles. The van der Waals surface area contributed by atoms with Crippen LogP contribution >= 0.6 is 23.1 Å². The first-order valence-electron chi connectivity index (χ1n) is 16.4. The Labute approximate surface area is 324 Å². The molecule has 4 N–H and O–H groups in total. The van der Waals surface area contributed by atoms with Crippen molar-refractivity contribution in [2.75, 3.05) is 23.9 Å². The summed E-state index contributed by atoms with van der Waals surface area (Å²) in [6.07, 6.45) is -1.000. The first kappa shape index (κ1) is 40.1. The number of fused-ring (bicyclic) bond motifs is 2. The maximum atomic E-state index is 14.1. The van der Waals surface area contributed by atoms with E-state index in [4.69, 9.17) is 0 Å². The molecule has 2 atom stereocenters. The lowest BCUT2D eigenvalue weighted by Crippen LogP contribution is -2.57. The Bertz CT molecular complexity index is 2530. The number of carbonyl (C=O) groups excluding carboxylic acids is 4. The van der Waals surface area contributed by atoms with Gasteiger partial charge in [-0.2, -0.15) is 13.1 Å². The highest BCUT2D eigenvalue weighted by Gasteiger charge is 2.32. The van der Waals surface area contributed by atoms with E-state index in [1.165, 1.54) is 32.3 Å². The third-order valence-corrected chi connectivity index (χ3v) is 11.5. The molecule has 4 amide bonds. The highest BCUT2D eigenvalue weighted by molar-refractivity contribution is 8.14. The van der Waals surface area contributed by atoms with Crippen molar-refractivity contribution < 1.29 is 45.2 Å². The number of anilines is 2. The van der Waals surface area contributed by atoms with E-state index < -0.39 is 76.2 Å². The van der Waals surface area contributed by atoms with Gasteiger partial charge in [0.05, 0.1) is 10.2 Å². The largest absolute Gasteiger partial charge is 0.330 e. The average molecular weight is 831 g/mol. The van der Waals surface area contributed by atoms with Crippen molar-refractivity contribution in [1.29, 1.82) is 0 Å². The Morgan fingerprint density at radius 3 is 1.91 bits per heavy atom. The second-order valence-corrected chi connectivity index (χ2v) is 16.3. The predicted octanol–water partition coefficient (Wildman–Crippen LogP) is 4.30. The van der Waals surface area contributed by atoms with Gasteiger partial charge in [-0.1, -0.05) is 23.1 Å². The predicted molar refractivity (Wildman–Crippen MR) is 202 cm³/mol. The molecule has 4 aromatic carbocycles. The fourth-order valence-electron chi connectivity index (χ4n) is 6.03. The van der Waals surface area contributed by atoms with E-state index in [9.17, 15) is 50.0 Å². The van der Waals surface area contributed by atoms with Gasteiger partial charge in [0.1, 0.15) is 35.4 Å². The number of H-pyrrole nitrogens is 1. The number of likely N-dealkylation sites (N-methyl/N-ethyl adjacent to an activating group) is 2. The Hall–Kier alpha value is -5.57. The van der Waals surface area contributed by atoms with Crippen LogP contribution < -0.4 is 29.4 Å². The number of aromatic nitrogens is 1. The van der Waals surface area contributed by atoms with E-state index in [0.29, 0.717) is 32.8 Å². The summed E-state index contributed by atoms with van der Waals surface area (Å²) in [5.41, 5.74) is 1.38. The lowest BCUT2D eigenvalue weighted by molar-refractivity contribution is -0.120. The summed E-state index contributed by atoms with van der Waals surface area (Å²) >= 11 is 1.97. The summed E-state index contributed by atoms with van der Waals surface area (Å²) in [5, 5.41) is 2.10. The molecule has 1 aliphatic rings. The highest BCUT2D eigenvalue weighted by Crippen LogP contribution is 2.35. The van der Waals surface area contributed by atoms with Crippen LogP contribution in [0, 0.1) is 23.3 Å². The number of nitrogens with zero attached hydrogens (tertiary/aromatic N) is 2. The Morgan fingerprint density at radius 1 is 0.768 bits per heavy atom. The lowest BCUT2D eigenvalue weighted by Gasteiger charge is -2.26. The summed E-state index contributed by atoms with van der Waals surface area (Å²) < 4.78 is 87.7. The molecule has 0 fully saturated rings. The number of carbonyl (C=O) groups is 4. The van der Waals surface area contributed by atoms with Crippen molar-refractivity contribution in [2.24, 2.45) is 0 Å². The summed E-state index contributed by atoms with van der Waals surface area (Å²) in [5.74, 6) is -5.72. The molecule has 0 aliphatic carbocycles. The van der Waals surface area contributed by atoms with Crippen molar-refractivity contribution in [3.63, 3.8) is 0 Å². The molecule has 13 nitrogen and oxygen atoms in total. The topological polar surface area (TPSA) is 178 Å². The molecule has 0 radical (unpaired) electrons. The molecule has 0 saturated carbocycles. The average Bonchev–Trinajstić information content (AvgIpc) is 3.67. The van der Waals surface area contributed by atoms with Crippen molar-refractivity contribution in [3.05, 3.63) is 122 Å². The number of rotatable bonds is 12. The quantitative estimate of drug-likeness (QED) is 0.135. The Balaban J connectivity index is 1.24. The van der Waals surface area contributed by atoms with Gasteiger partial charge in [-0.25, -0.2) is 27.1 Å². The van der Waals surface area contributed by atoms with Crippen LogP contribution in [0.1, 0.15) is 16.7 Å². The summed E-state index contributed by atoms with van der Waals surface area (Å²) in [7, 11) is -2.38. The second-order valence-electron chi connectivity index (χ2n) is 12.7. The van der Waals surface area contributed by atoms with Crippen LogP contribution in [0.25, 0.3) is 10.2 Å². The molecule has 0 bridgehead atoms. The van der Waals surface area contributed by atoms with Crippen LogP contribution in [-0.4, -0.2) is 62.5 Å². The molecule has 56 heavy (non-hydrogen) atoms. The van der Waals surface area contributed by atoms with Crippen LogP contribution in [-0.2, 0) is 43.9 Å². The zero-order valence-electron chi connectivity index (χ0n) is 29.2. The molecule has 0 saturated heterocycles. The number of nitrogens with one attached hydrogen (secondary N) is 4. The molecule has 2 heterocycles. The van der Waals surface area contributed by atoms with Crippen LogP contribution in [0.5, 0.6) is 0 Å². The Kier molecular flexibility index (Phi) is 11.6. The summed E-state index contributed by atoms with van der Waals surface area (Å²) in [4.78, 5) is 69.8. The number of hydrogen-bond donors (Lipinski definition) is 4. The van der Waals surface area contributed by atoms with Gasteiger partial charge in [0.2, 0.25) is 11.8 Å². The first-order chi connectivity index (χ1) is 26.4. The van der Waals surface area contributed by atoms with Crippen LogP contribution in [0.2, 0.25) is 0 Å². The molecular formula is C36H30F4N6O7S3. The normalized spacial score (nSPS) is 13.6. The number of halogens is 4. The van der Waals surface area contributed by atoms with Gasteiger partial charge in [-0.05, 0) is 83.8 Å². The summed E-state index contributed by atoms with van der Waals surface area (Å²) in [6, 6.07) is 9.19. The smallest absolute Gasteiger partial charge is 0.325 e. The van der Waals surface area contributed by atoms with Crippen LogP contribution in [0.3, 0.4) is 0 Å². The van der Waals surface area contributed by atoms with Gasteiger partial charge < -0.3 is 20.1 Å². The molecule has 292 valence electrons. The third-order valence-electron chi connectivity index (χ3n) is 8.59. The van der Waals surface area contributed by atoms with E-state index in [-0.39, 0.29) is 38.9 Å². The van der Waals surface area contributed by atoms with Gasteiger partial charge in [0.15, 0.2) is 5.12 Å². The fraction of sp³-hybridized carbons (Fsp3) is 0.194. The van der Waals surface area contributed by atoms with Crippen molar-refractivity contribution in [2.45, 2.75) is 36.2 Å². The molecule has 6 rings (SSSR count). The molecular weight excluding hydrogens is 801 g/mol. The van der Waals surface area contributed by atoms with Gasteiger partial charge in [0.25, 0.3) is 0 Å². The lowest BCUT2D eigenvalue weighted by atomic mass is 10.0. The number of benzene rings is 4. The van der Waals surface area contributed by atoms with Crippen LogP contribution in [0.15, 0.2) is 82.5 Å². The standard InChI is InChI=1S/C36H30F4N6O7S3/c1-45(25-3-5-30-20(13-25)14-32(47)54-30)34(49)29(12-19-9-23(39)16-24(40)10-19)43-56(52,53)44-35(50)41-28(11-18-7-21(37)15-22(38)8-18)33(48)46(2)26-4-6-31-27(17-26)42-36(51)55-31/h3-10,13,15-17,28-29,43H,11-12,14H2,1-2H3,(H,42,51)(H2,41,44,50)/t28-,29-/m0/s1. The van der Waals surface area contributed by atoms with Crippen molar-refractivity contribution in [3.8, 4) is 0 Å². The maximum Gasteiger partial charge on any atom is 0.330 e. The van der Waals surface area contributed by atoms with Crippen LogP contribution in [0.4, 0.5) is 33.7 Å². The summed E-state index contributed by atoms with van der Waals surface area (Å²) in [6.45, 7) is 0. The van der Waals surface area contributed by atoms with E-state index >= 15 is 0 Å². The van der Waals surface area contributed by atoms with Gasteiger partial charge >= 0.3 is 21.1 Å². The number of hydrogen-bond acceptors (Lipinski definition) is 9. The van der Waals surface area contributed by atoms with Gasteiger partial charge in [-0.15, -0.1) is 0 Å².